The fraction of sp³-hybridized carbons (Fsp3) is 0.238. The fourth-order valence-electron chi connectivity index (χ4n) is 2.89. The Hall–Kier alpha value is -3.49. The molecule has 0 aliphatic rings. The van der Waals surface area contributed by atoms with Crippen LogP contribution in [0.15, 0.2) is 53.1 Å². The van der Waals surface area contributed by atoms with Crippen molar-refractivity contribution in [2.24, 2.45) is 0 Å². The second-order valence-corrected chi connectivity index (χ2v) is 6.51. The Labute approximate surface area is 170 Å². The van der Waals surface area contributed by atoms with Gasteiger partial charge in [-0.2, -0.15) is 0 Å². The molecular formula is C21H19F3N2O4. The number of methoxy groups -OCH3 is 1. The number of hydrogen-bond donors (Lipinski definition) is 1. The van der Waals surface area contributed by atoms with Crippen molar-refractivity contribution in [1.82, 2.24) is 10.5 Å². The summed E-state index contributed by atoms with van der Waals surface area (Å²) >= 11 is 0. The highest BCUT2D eigenvalue weighted by molar-refractivity contribution is 6.00. The van der Waals surface area contributed by atoms with Crippen molar-refractivity contribution in [3.05, 3.63) is 65.4 Å². The molecule has 9 heteroatoms. The minimum absolute atomic E-state index is 0.158. The minimum atomic E-state index is -4.78. The molecule has 0 spiro atoms. The van der Waals surface area contributed by atoms with Crippen molar-refractivity contribution < 1.29 is 32.0 Å². The highest BCUT2D eigenvalue weighted by Crippen LogP contribution is 2.30. The molecule has 3 rings (SSSR count). The Kier molecular flexibility index (Phi) is 6.00. The summed E-state index contributed by atoms with van der Waals surface area (Å²) in [7, 11) is 1.57. The van der Waals surface area contributed by atoms with Gasteiger partial charge in [0.1, 0.15) is 17.1 Å². The van der Waals surface area contributed by atoms with E-state index >= 15 is 0 Å². The Morgan fingerprint density at radius 2 is 1.67 bits per heavy atom. The third-order valence-corrected chi connectivity index (χ3v) is 4.40. The first-order valence-electron chi connectivity index (χ1n) is 8.95. The summed E-state index contributed by atoms with van der Waals surface area (Å²) in [6.07, 6.45) is -4.78. The number of aryl methyl sites for hydroxylation is 1. The van der Waals surface area contributed by atoms with Crippen LogP contribution in [0.1, 0.15) is 34.6 Å². The van der Waals surface area contributed by atoms with Crippen LogP contribution in [0.4, 0.5) is 13.2 Å². The van der Waals surface area contributed by atoms with Crippen LogP contribution in [0.3, 0.4) is 0 Å². The number of nitrogens with one attached hydrogen (secondary N) is 1. The lowest BCUT2D eigenvalue weighted by Gasteiger charge is -2.15. The summed E-state index contributed by atoms with van der Waals surface area (Å²) in [5.41, 5.74) is 1.83. The van der Waals surface area contributed by atoms with Gasteiger partial charge in [-0.1, -0.05) is 17.3 Å². The fourth-order valence-corrected chi connectivity index (χ4v) is 2.89. The van der Waals surface area contributed by atoms with E-state index in [0.29, 0.717) is 17.0 Å². The number of amides is 1. The first kappa shape index (κ1) is 21.2. The van der Waals surface area contributed by atoms with Crippen LogP contribution >= 0.6 is 0 Å². The van der Waals surface area contributed by atoms with Gasteiger partial charge in [0.2, 0.25) is 0 Å². The maximum atomic E-state index is 12.9. The Balaban J connectivity index is 1.80. The number of hydrogen-bond acceptors (Lipinski definition) is 5. The molecule has 0 fully saturated rings. The van der Waals surface area contributed by atoms with Gasteiger partial charge < -0.3 is 19.3 Å². The minimum Gasteiger partial charge on any atom is -0.497 e. The number of rotatable bonds is 6. The van der Waals surface area contributed by atoms with E-state index in [1.807, 2.05) is 19.1 Å². The van der Waals surface area contributed by atoms with Gasteiger partial charge in [0.15, 0.2) is 5.76 Å². The molecule has 0 aliphatic heterocycles. The van der Waals surface area contributed by atoms with Crippen LogP contribution in [-0.2, 0) is 0 Å². The van der Waals surface area contributed by atoms with E-state index in [4.69, 9.17) is 9.26 Å². The molecule has 158 valence electrons. The molecule has 30 heavy (non-hydrogen) atoms. The van der Waals surface area contributed by atoms with Crippen LogP contribution in [0.25, 0.3) is 11.3 Å². The third-order valence-electron chi connectivity index (χ3n) is 4.40. The van der Waals surface area contributed by atoms with Crippen molar-refractivity contribution in [3.63, 3.8) is 0 Å². The lowest BCUT2D eigenvalue weighted by molar-refractivity contribution is -0.274. The molecule has 6 nitrogen and oxygen atoms in total. The van der Waals surface area contributed by atoms with Crippen molar-refractivity contribution >= 4 is 5.91 Å². The smallest absolute Gasteiger partial charge is 0.497 e. The van der Waals surface area contributed by atoms with Gasteiger partial charge in [-0.05, 0) is 55.8 Å². The molecule has 1 aromatic heterocycles. The van der Waals surface area contributed by atoms with Crippen LogP contribution in [0.5, 0.6) is 11.5 Å². The van der Waals surface area contributed by atoms with Gasteiger partial charge >= 0.3 is 6.36 Å². The topological polar surface area (TPSA) is 73.6 Å². The number of nitrogens with zero attached hydrogens (tertiary/aromatic N) is 1. The summed E-state index contributed by atoms with van der Waals surface area (Å²) in [6.45, 7) is 3.44. The van der Waals surface area contributed by atoms with Gasteiger partial charge in [0.05, 0.1) is 18.8 Å². The number of benzene rings is 2. The van der Waals surface area contributed by atoms with Gasteiger partial charge in [-0.15, -0.1) is 13.2 Å². The van der Waals surface area contributed by atoms with E-state index in [2.05, 4.69) is 15.2 Å². The second-order valence-electron chi connectivity index (χ2n) is 6.51. The summed E-state index contributed by atoms with van der Waals surface area (Å²) in [4.78, 5) is 12.9. The molecule has 0 aliphatic carbocycles. The molecule has 0 saturated heterocycles. The van der Waals surface area contributed by atoms with Gasteiger partial charge in [0.25, 0.3) is 5.91 Å². The number of halogens is 3. The molecule has 0 unspecified atom stereocenters. The predicted molar refractivity (Wildman–Crippen MR) is 102 cm³/mol. The molecule has 1 atom stereocenters. The van der Waals surface area contributed by atoms with Crippen LogP contribution < -0.4 is 14.8 Å². The number of alkyl halides is 3. The predicted octanol–water partition coefficient (Wildman–Crippen LogP) is 5.05. The van der Waals surface area contributed by atoms with Gasteiger partial charge in [-0.25, -0.2) is 0 Å². The molecular weight excluding hydrogens is 401 g/mol. The number of ether oxygens (including phenoxy) is 2. The largest absolute Gasteiger partial charge is 0.573 e. The molecule has 1 N–H and O–H groups in total. The van der Waals surface area contributed by atoms with Crippen molar-refractivity contribution in [3.8, 4) is 22.8 Å². The van der Waals surface area contributed by atoms with Crippen LogP contribution in [0, 0.1) is 6.92 Å². The SMILES string of the molecule is COc1ccc([C@H](C)NC(=O)c2c(C)noc2-c2ccc(OC(F)(F)F)cc2)cc1. The molecule has 0 saturated carbocycles. The summed E-state index contributed by atoms with van der Waals surface area (Å²) in [5.74, 6) is 0.0715. The molecule has 2 aromatic carbocycles. The Morgan fingerprint density at radius 1 is 1.07 bits per heavy atom. The number of carbonyl (C=O) groups excluding carboxylic acids is 1. The third kappa shape index (κ3) is 4.91. The lowest BCUT2D eigenvalue weighted by Crippen LogP contribution is -2.27. The Bertz CT molecular complexity index is 1010. The van der Waals surface area contributed by atoms with E-state index in [9.17, 15) is 18.0 Å². The maximum Gasteiger partial charge on any atom is 0.573 e. The molecule has 1 amide bonds. The van der Waals surface area contributed by atoms with E-state index in [0.717, 1.165) is 17.7 Å². The zero-order valence-corrected chi connectivity index (χ0v) is 16.4. The Morgan fingerprint density at radius 3 is 2.23 bits per heavy atom. The van der Waals surface area contributed by atoms with E-state index in [-0.39, 0.29) is 23.1 Å². The summed E-state index contributed by atoms with van der Waals surface area (Å²) < 4.78 is 51.2. The highest BCUT2D eigenvalue weighted by atomic mass is 19.4. The van der Waals surface area contributed by atoms with Crippen LogP contribution in [0.2, 0.25) is 0 Å². The zero-order valence-electron chi connectivity index (χ0n) is 16.4. The average Bonchev–Trinajstić information content (AvgIpc) is 3.09. The molecule has 0 radical (unpaired) electrons. The average molecular weight is 420 g/mol. The highest BCUT2D eigenvalue weighted by Gasteiger charge is 2.31. The van der Waals surface area contributed by atoms with Crippen molar-refractivity contribution in [1.29, 1.82) is 0 Å². The van der Waals surface area contributed by atoms with E-state index in [1.54, 1.807) is 26.2 Å². The summed E-state index contributed by atoms with van der Waals surface area (Å²) in [5, 5.41) is 6.71. The normalized spacial score (nSPS) is 12.3. The lowest BCUT2D eigenvalue weighted by atomic mass is 10.0. The quantitative estimate of drug-likeness (QED) is 0.604. The monoisotopic (exact) mass is 420 g/mol. The number of carbonyl (C=O) groups is 1. The van der Waals surface area contributed by atoms with Crippen molar-refractivity contribution in [2.45, 2.75) is 26.3 Å². The van der Waals surface area contributed by atoms with Crippen molar-refractivity contribution in [2.75, 3.05) is 7.11 Å². The number of aromatic nitrogens is 1. The molecule has 3 aromatic rings. The van der Waals surface area contributed by atoms with E-state index < -0.39 is 12.3 Å². The molecule has 0 bridgehead atoms. The van der Waals surface area contributed by atoms with Gasteiger partial charge in [0, 0.05) is 5.56 Å². The first-order valence-corrected chi connectivity index (χ1v) is 8.95. The standard InChI is InChI=1S/C21H19F3N2O4/c1-12(14-4-8-16(28-3)9-5-14)25-20(27)18-13(2)26-30-19(18)15-6-10-17(11-7-15)29-21(22,23)24/h4-12H,1-3H3,(H,25,27)/t12-/m0/s1. The maximum absolute atomic E-state index is 12.9. The molecule has 1 heterocycles. The first-order chi connectivity index (χ1) is 14.2. The van der Waals surface area contributed by atoms with Crippen LogP contribution in [-0.4, -0.2) is 24.5 Å². The van der Waals surface area contributed by atoms with E-state index in [1.165, 1.54) is 12.1 Å². The van der Waals surface area contributed by atoms with Gasteiger partial charge in [-0.3, -0.25) is 4.79 Å². The summed E-state index contributed by atoms with van der Waals surface area (Å²) in [6, 6.07) is 12.0. The zero-order chi connectivity index (χ0) is 21.9. The second kappa shape index (κ2) is 8.48.